The number of hydrogen-bond acceptors (Lipinski definition) is 1. The molecule has 1 saturated carbocycles. The van der Waals surface area contributed by atoms with Gasteiger partial charge in [0.05, 0.1) is 6.61 Å². The predicted octanol–water partition coefficient (Wildman–Crippen LogP) is 7.96. The molecular formula is C29H32O. The monoisotopic (exact) mass is 396 g/mol. The Morgan fingerprint density at radius 3 is 2.53 bits per heavy atom. The molecule has 0 unspecified atom stereocenters. The third-order valence-electron chi connectivity index (χ3n) is 6.94. The number of allylic oxidation sites excluding steroid dienone is 1. The van der Waals surface area contributed by atoms with Gasteiger partial charge in [0.15, 0.2) is 0 Å². The molecule has 0 aliphatic heterocycles. The van der Waals surface area contributed by atoms with Crippen LogP contribution in [0.1, 0.15) is 68.6 Å². The van der Waals surface area contributed by atoms with Crippen LogP contribution in [0.5, 0.6) is 5.75 Å². The van der Waals surface area contributed by atoms with E-state index < -0.39 is 0 Å². The van der Waals surface area contributed by atoms with Gasteiger partial charge in [0, 0.05) is 5.56 Å². The van der Waals surface area contributed by atoms with Crippen LogP contribution in [0.2, 0.25) is 0 Å². The first-order chi connectivity index (χ1) is 14.8. The lowest BCUT2D eigenvalue weighted by molar-refractivity contribution is 0.208. The summed E-state index contributed by atoms with van der Waals surface area (Å²) in [4.78, 5) is 0. The second-order valence-electron chi connectivity index (χ2n) is 9.04. The van der Waals surface area contributed by atoms with E-state index in [1.807, 2.05) is 0 Å². The van der Waals surface area contributed by atoms with E-state index in [1.54, 1.807) is 5.57 Å². The maximum atomic E-state index is 6.60. The molecule has 0 heterocycles. The molecule has 0 spiro atoms. The summed E-state index contributed by atoms with van der Waals surface area (Å²) < 4.78 is 6.60. The fourth-order valence-electron chi connectivity index (χ4n) is 5.44. The van der Waals surface area contributed by atoms with Gasteiger partial charge in [-0.25, -0.2) is 0 Å². The Morgan fingerprint density at radius 2 is 1.67 bits per heavy atom. The third-order valence-corrected chi connectivity index (χ3v) is 6.94. The molecule has 0 aromatic heterocycles. The normalized spacial score (nSPS) is 16.8. The Morgan fingerprint density at radius 1 is 0.867 bits per heavy atom. The highest BCUT2D eigenvalue weighted by atomic mass is 16.5. The van der Waals surface area contributed by atoms with E-state index in [9.17, 15) is 0 Å². The molecule has 1 nitrogen and oxygen atoms in total. The van der Waals surface area contributed by atoms with Crippen molar-refractivity contribution in [3.63, 3.8) is 0 Å². The van der Waals surface area contributed by atoms with Crippen molar-refractivity contribution in [1.29, 1.82) is 0 Å². The molecule has 154 valence electrons. The Hall–Kier alpha value is -2.54. The second kappa shape index (κ2) is 8.68. The first kappa shape index (κ1) is 19.4. The zero-order chi connectivity index (χ0) is 20.3. The Bertz CT molecular complexity index is 1070. The van der Waals surface area contributed by atoms with Gasteiger partial charge in [-0.1, -0.05) is 92.8 Å². The average molecular weight is 397 g/mol. The summed E-state index contributed by atoms with van der Waals surface area (Å²) in [6, 6.07) is 22.2. The van der Waals surface area contributed by atoms with Crippen LogP contribution in [0, 0.1) is 5.92 Å². The highest BCUT2D eigenvalue weighted by Gasteiger charge is 2.26. The van der Waals surface area contributed by atoms with Crippen molar-refractivity contribution >= 4 is 16.3 Å². The van der Waals surface area contributed by atoms with Crippen molar-refractivity contribution < 1.29 is 4.74 Å². The summed E-state index contributed by atoms with van der Waals surface area (Å²) in [5.74, 6) is 1.78. The van der Waals surface area contributed by atoms with Crippen LogP contribution in [-0.2, 0) is 6.42 Å². The first-order valence-electron chi connectivity index (χ1n) is 11.8. The maximum absolute atomic E-state index is 6.60. The number of fused-ring (bicyclic) bond motifs is 2. The summed E-state index contributed by atoms with van der Waals surface area (Å²) in [6.07, 6.45) is 10.1. The Balaban J connectivity index is 1.63. The first-order valence-corrected chi connectivity index (χ1v) is 11.8. The van der Waals surface area contributed by atoms with E-state index >= 15 is 0 Å². The lowest BCUT2D eigenvalue weighted by atomic mass is 9.89. The molecule has 0 saturated heterocycles. The molecule has 5 rings (SSSR count). The summed E-state index contributed by atoms with van der Waals surface area (Å²) in [5.41, 5.74) is 7.18. The standard InChI is InChI=1S/C29H32O/c1-2-10-24-19-23-14-7-9-16-26(23)28(24)29-25-15-8-6-13-22(25)17-18-27(29)30-20-21-11-4-3-5-12-21/h6-9,13-18,21H,2-5,10-12,19-20H2,1H3. The zero-order valence-corrected chi connectivity index (χ0v) is 18.1. The highest BCUT2D eigenvalue weighted by molar-refractivity contribution is 6.02. The van der Waals surface area contributed by atoms with Crippen molar-refractivity contribution in [2.75, 3.05) is 6.61 Å². The lowest BCUT2D eigenvalue weighted by Crippen LogP contribution is -2.15. The Labute approximate surface area is 180 Å². The number of rotatable bonds is 6. The molecule has 0 radical (unpaired) electrons. The molecule has 2 aliphatic rings. The van der Waals surface area contributed by atoms with Gasteiger partial charge >= 0.3 is 0 Å². The van der Waals surface area contributed by atoms with E-state index in [-0.39, 0.29) is 0 Å². The summed E-state index contributed by atoms with van der Waals surface area (Å²) in [7, 11) is 0. The second-order valence-corrected chi connectivity index (χ2v) is 9.04. The Kier molecular flexibility index (Phi) is 5.62. The van der Waals surface area contributed by atoms with Crippen LogP contribution < -0.4 is 4.74 Å². The number of ether oxygens (including phenoxy) is 1. The van der Waals surface area contributed by atoms with Crippen LogP contribution >= 0.6 is 0 Å². The van der Waals surface area contributed by atoms with Gasteiger partial charge in [-0.05, 0) is 65.1 Å². The van der Waals surface area contributed by atoms with E-state index in [4.69, 9.17) is 4.74 Å². The quantitative estimate of drug-likeness (QED) is 0.411. The smallest absolute Gasteiger partial charge is 0.127 e. The molecule has 30 heavy (non-hydrogen) atoms. The molecule has 0 N–H and O–H groups in total. The minimum Gasteiger partial charge on any atom is -0.493 e. The van der Waals surface area contributed by atoms with Gasteiger partial charge in [-0.3, -0.25) is 0 Å². The summed E-state index contributed by atoms with van der Waals surface area (Å²) in [6.45, 7) is 3.14. The van der Waals surface area contributed by atoms with E-state index in [2.05, 4.69) is 67.6 Å². The molecule has 0 bridgehead atoms. The van der Waals surface area contributed by atoms with Gasteiger partial charge in [-0.15, -0.1) is 0 Å². The topological polar surface area (TPSA) is 9.23 Å². The third kappa shape index (κ3) is 3.67. The maximum Gasteiger partial charge on any atom is 0.127 e. The van der Waals surface area contributed by atoms with Crippen LogP contribution in [0.15, 0.2) is 66.2 Å². The van der Waals surface area contributed by atoms with Gasteiger partial charge in [0.1, 0.15) is 5.75 Å². The van der Waals surface area contributed by atoms with E-state index in [0.717, 1.165) is 25.2 Å². The van der Waals surface area contributed by atoms with E-state index in [0.29, 0.717) is 5.92 Å². The van der Waals surface area contributed by atoms with Crippen molar-refractivity contribution in [3.05, 3.63) is 82.9 Å². The van der Waals surface area contributed by atoms with Gasteiger partial charge < -0.3 is 4.74 Å². The lowest BCUT2D eigenvalue weighted by Gasteiger charge is -2.23. The average Bonchev–Trinajstić information content (AvgIpc) is 3.16. The van der Waals surface area contributed by atoms with Crippen molar-refractivity contribution in [1.82, 2.24) is 0 Å². The highest BCUT2D eigenvalue weighted by Crippen LogP contribution is 2.45. The SMILES string of the molecule is CCCC1=C(c2c(OCC3CCCCC3)ccc3ccccc23)c2ccccc2C1. The molecule has 0 atom stereocenters. The minimum absolute atomic E-state index is 0.707. The fourth-order valence-corrected chi connectivity index (χ4v) is 5.44. The molecular weight excluding hydrogens is 364 g/mol. The predicted molar refractivity (Wildman–Crippen MR) is 127 cm³/mol. The molecule has 3 aromatic carbocycles. The van der Waals surface area contributed by atoms with Crippen LogP contribution in [0.3, 0.4) is 0 Å². The van der Waals surface area contributed by atoms with Crippen LogP contribution in [0.25, 0.3) is 16.3 Å². The van der Waals surface area contributed by atoms with Crippen molar-refractivity contribution in [3.8, 4) is 5.75 Å². The molecule has 1 heteroatoms. The van der Waals surface area contributed by atoms with Crippen LogP contribution in [0.4, 0.5) is 0 Å². The van der Waals surface area contributed by atoms with Crippen LogP contribution in [-0.4, -0.2) is 6.61 Å². The largest absolute Gasteiger partial charge is 0.493 e. The van der Waals surface area contributed by atoms with Gasteiger partial charge in [-0.2, -0.15) is 0 Å². The zero-order valence-electron chi connectivity index (χ0n) is 18.1. The van der Waals surface area contributed by atoms with Crippen molar-refractivity contribution in [2.24, 2.45) is 5.92 Å². The van der Waals surface area contributed by atoms with Gasteiger partial charge in [0.25, 0.3) is 0 Å². The molecule has 3 aromatic rings. The number of benzene rings is 3. The minimum atomic E-state index is 0.707. The summed E-state index contributed by atoms with van der Waals surface area (Å²) >= 11 is 0. The number of hydrogen-bond donors (Lipinski definition) is 0. The van der Waals surface area contributed by atoms with Gasteiger partial charge in [0.2, 0.25) is 0 Å². The summed E-state index contributed by atoms with van der Waals surface area (Å²) in [5, 5.41) is 2.61. The fraction of sp³-hybridized carbons (Fsp3) is 0.379. The van der Waals surface area contributed by atoms with Crippen molar-refractivity contribution in [2.45, 2.75) is 58.3 Å². The van der Waals surface area contributed by atoms with E-state index in [1.165, 1.54) is 71.6 Å². The molecule has 2 aliphatic carbocycles. The molecule has 0 amide bonds. The molecule has 1 fully saturated rings.